The third-order valence-electron chi connectivity index (χ3n) is 3.29. The summed E-state index contributed by atoms with van der Waals surface area (Å²) in [5.74, 6) is 2.22. The molecular weight excluding hydrogens is 228 g/mol. The molecule has 0 bridgehead atoms. The van der Waals surface area contributed by atoms with Crippen LogP contribution < -0.4 is 15.8 Å². The number of benzene rings is 1. The number of nitrogens with one attached hydrogen (secondary N) is 1. The van der Waals surface area contributed by atoms with Crippen molar-refractivity contribution < 1.29 is 9.53 Å². The second-order valence-electron chi connectivity index (χ2n) is 4.95. The molecule has 1 aromatic carbocycles. The van der Waals surface area contributed by atoms with Gasteiger partial charge in [-0.25, -0.2) is 0 Å². The van der Waals surface area contributed by atoms with E-state index in [2.05, 4.69) is 12.2 Å². The molecule has 18 heavy (non-hydrogen) atoms. The third kappa shape index (κ3) is 3.95. The van der Waals surface area contributed by atoms with Crippen molar-refractivity contribution in [2.75, 3.05) is 18.9 Å². The van der Waals surface area contributed by atoms with Crippen molar-refractivity contribution >= 4 is 11.6 Å². The van der Waals surface area contributed by atoms with Gasteiger partial charge in [0.15, 0.2) is 0 Å². The van der Waals surface area contributed by atoms with E-state index in [4.69, 9.17) is 10.5 Å². The molecule has 1 fully saturated rings. The smallest absolute Gasteiger partial charge is 0.223 e. The number of carbonyl (C=O) groups is 1. The fourth-order valence-corrected chi connectivity index (χ4v) is 1.88. The summed E-state index contributed by atoms with van der Waals surface area (Å²) >= 11 is 0. The minimum atomic E-state index is 0.0537. The topological polar surface area (TPSA) is 64.3 Å². The predicted octanol–water partition coefficient (Wildman–Crippen LogP) is 1.81. The molecule has 1 aliphatic rings. The number of rotatable bonds is 6. The monoisotopic (exact) mass is 248 g/mol. The Bertz CT molecular complexity index is 420. The van der Waals surface area contributed by atoms with Gasteiger partial charge in [0.25, 0.3) is 0 Å². The summed E-state index contributed by atoms with van der Waals surface area (Å²) in [6.07, 6.45) is 1.62. The van der Waals surface area contributed by atoms with Gasteiger partial charge < -0.3 is 15.8 Å². The van der Waals surface area contributed by atoms with E-state index in [-0.39, 0.29) is 5.91 Å². The fourth-order valence-electron chi connectivity index (χ4n) is 1.88. The van der Waals surface area contributed by atoms with Crippen molar-refractivity contribution in [3.05, 3.63) is 24.3 Å². The number of nitrogen functional groups attached to an aromatic ring is 1. The maximum absolute atomic E-state index is 11.5. The van der Waals surface area contributed by atoms with Gasteiger partial charge in [0, 0.05) is 18.3 Å². The minimum absolute atomic E-state index is 0.0537. The first-order valence-electron chi connectivity index (χ1n) is 6.40. The zero-order valence-corrected chi connectivity index (χ0v) is 10.7. The van der Waals surface area contributed by atoms with Crippen LogP contribution in [0.3, 0.4) is 0 Å². The van der Waals surface area contributed by atoms with E-state index in [1.807, 2.05) is 12.1 Å². The molecule has 1 amide bonds. The van der Waals surface area contributed by atoms with Crippen LogP contribution in [-0.2, 0) is 4.79 Å². The second-order valence-corrected chi connectivity index (χ2v) is 4.95. The summed E-state index contributed by atoms with van der Waals surface area (Å²) < 4.78 is 5.46. The van der Waals surface area contributed by atoms with Crippen LogP contribution >= 0.6 is 0 Å². The Morgan fingerprint density at radius 1 is 1.56 bits per heavy atom. The summed E-state index contributed by atoms with van der Waals surface area (Å²) in [6, 6.07) is 7.22. The third-order valence-corrected chi connectivity index (χ3v) is 3.29. The van der Waals surface area contributed by atoms with E-state index in [1.165, 1.54) is 6.42 Å². The highest BCUT2D eigenvalue weighted by atomic mass is 16.5. The Hall–Kier alpha value is -1.71. The van der Waals surface area contributed by atoms with E-state index < -0.39 is 0 Å². The van der Waals surface area contributed by atoms with E-state index >= 15 is 0 Å². The number of anilines is 1. The maximum Gasteiger partial charge on any atom is 0.223 e. The summed E-state index contributed by atoms with van der Waals surface area (Å²) in [4.78, 5) is 11.5. The maximum atomic E-state index is 11.5. The van der Waals surface area contributed by atoms with Gasteiger partial charge in [-0.2, -0.15) is 0 Å². The SMILES string of the molecule is CC1CC1CNC(=O)CCOc1cccc(N)c1. The molecule has 1 saturated carbocycles. The van der Waals surface area contributed by atoms with E-state index in [1.54, 1.807) is 12.1 Å². The Kier molecular flexibility index (Phi) is 4.07. The van der Waals surface area contributed by atoms with Gasteiger partial charge >= 0.3 is 0 Å². The minimum Gasteiger partial charge on any atom is -0.493 e. The van der Waals surface area contributed by atoms with Crippen LogP contribution in [0.4, 0.5) is 5.69 Å². The highest BCUT2D eigenvalue weighted by Gasteiger charge is 2.32. The van der Waals surface area contributed by atoms with Crippen LogP contribution in [0.15, 0.2) is 24.3 Å². The first kappa shape index (κ1) is 12.7. The molecule has 2 rings (SSSR count). The summed E-state index contributed by atoms with van der Waals surface area (Å²) in [5, 5.41) is 2.93. The average Bonchev–Trinajstić information content (AvgIpc) is 3.03. The molecule has 0 saturated heterocycles. The lowest BCUT2D eigenvalue weighted by Crippen LogP contribution is -2.27. The van der Waals surface area contributed by atoms with Crippen molar-refractivity contribution in [1.82, 2.24) is 5.32 Å². The summed E-state index contributed by atoms with van der Waals surface area (Å²) in [7, 11) is 0. The fraction of sp³-hybridized carbons (Fsp3) is 0.500. The molecule has 3 N–H and O–H groups in total. The lowest BCUT2D eigenvalue weighted by Gasteiger charge is -2.07. The van der Waals surface area contributed by atoms with E-state index in [0.717, 1.165) is 12.5 Å². The van der Waals surface area contributed by atoms with E-state index in [9.17, 15) is 4.79 Å². The summed E-state index contributed by atoms with van der Waals surface area (Å²) in [6.45, 7) is 3.40. The molecule has 1 aromatic rings. The highest BCUT2D eigenvalue weighted by molar-refractivity contribution is 5.76. The normalized spacial score (nSPS) is 21.4. The lowest BCUT2D eigenvalue weighted by atomic mass is 10.3. The average molecular weight is 248 g/mol. The van der Waals surface area contributed by atoms with Gasteiger partial charge in [-0.05, 0) is 30.4 Å². The number of hydrogen-bond acceptors (Lipinski definition) is 3. The van der Waals surface area contributed by atoms with Crippen molar-refractivity contribution in [2.45, 2.75) is 19.8 Å². The molecule has 2 unspecified atom stereocenters. The molecule has 1 aliphatic carbocycles. The van der Waals surface area contributed by atoms with Crippen molar-refractivity contribution in [3.63, 3.8) is 0 Å². The van der Waals surface area contributed by atoms with Crippen molar-refractivity contribution in [1.29, 1.82) is 0 Å². The quantitative estimate of drug-likeness (QED) is 0.755. The molecule has 0 radical (unpaired) electrons. The van der Waals surface area contributed by atoms with E-state index in [0.29, 0.717) is 30.4 Å². The Morgan fingerprint density at radius 2 is 2.33 bits per heavy atom. The Balaban J connectivity index is 1.61. The number of ether oxygens (including phenoxy) is 1. The first-order valence-corrected chi connectivity index (χ1v) is 6.40. The molecule has 2 atom stereocenters. The van der Waals surface area contributed by atoms with Gasteiger partial charge in [-0.1, -0.05) is 13.0 Å². The van der Waals surface area contributed by atoms with Crippen LogP contribution in [0.25, 0.3) is 0 Å². The van der Waals surface area contributed by atoms with Gasteiger partial charge in [0.2, 0.25) is 5.91 Å². The number of carbonyl (C=O) groups excluding carboxylic acids is 1. The van der Waals surface area contributed by atoms with Crippen LogP contribution in [0.5, 0.6) is 5.75 Å². The molecule has 98 valence electrons. The predicted molar refractivity (Wildman–Crippen MR) is 71.2 cm³/mol. The Morgan fingerprint density at radius 3 is 3.00 bits per heavy atom. The van der Waals surface area contributed by atoms with Crippen LogP contribution in [0.1, 0.15) is 19.8 Å². The number of nitrogens with two attached hydrogens (primary N) is 1. The lowest BCUT2D eigenvalue weighted by molar-refractivity contribution is -0.121. The largest absolute Gasteiger partial charge is 0.493 e. The molecule has 0 spiro atoms. The molecule has 4 nitrogen and oxygen atoms in total. The van der Waals surface area contributed by atoms with Gasteiger partial charge in [0.1, 0.15) is 5.75 Å². The van der Waals surface area contributed by atoms with Crippen molar-refractivity contribution in [3.8, 4) is 5.75 Å². The molecule has 0 aromatic heterocycles. The van der Waals surface area contributed by atoms with Gasteiger partial charge in [-0.3, -0.25) is 4.79 Å². The van der Waals surface area contributed by atoms with Gasteiger partial charge in [0.05, 0.1) is 13.0 Å². The van der Waals surface area contributed by atoms with Crippen LogP contribution in [0.2, 0.25) is 0 Å². The standard InChI is InChI=1S/C14H20N2O2/c1-10-7-11(10)9-16-14(17)5-6-18-13-4-2-3-12(15)8-13/h2-4,8,10-11H,5-7,9,15H2,1H3,(H,16,17). The zero-order chi connectivity index (χ0) is 13.0. The highest BCUT2D eigenvalue weighted by Crippen LogP contribution is 2.36. The summed E-state index contributed by atoms with van der Waals surface area (Å²) in [5.41, 5.74) is 6.30. The van der Waals surface area contributed by atoms with Gasteiger partial charge in [-0.15, -0.1) is 0 Å². The molecule has 4 heteroatoms. The second kappa shape index (κ2) is 5.76. The first-order chi connectivity index (χ1) is 8.65. The Labute approximate surface area is 108 Å². The number of amides is 1. The molecule has 0 heterocycles. The van der Waals surface area contributed by atoms with Crippen molar-refractivity contribution in [2.24, 2.45) is 11.8 Å². The number of hydrogen-bond donors (Lipinski definition) is 2. The molecule has 0 aliphatic heterocycles. The zero-order valence-electron chi connectivity index (χ0n) is 10.7. The van der Waals surface area contributed by atoms with Crippen LogP contribution in [-0.4, -0.2) is 19.1 Å². The molecular formula is C14H20N2O2. The van der Waals surface area contributed by atoms with Crippen LogP contribution in [0, 0.1) is 11.8 Å².